The third kappa shape index (κ3) is 2.74. The number of rotatable bonds is 3. The van der Waals surface area contributed by atoms with Gasteiger partial charge in [0, 0.05) is 12.6 Å². The number of halogens is 1. The maximum absolute atomic E-state index is 6.04. The van der Waals surface area contributed by atoms with Gasteiger partial charge in [-0.2, -0.15) is 0 Å². The summed E-state index contributed by atoms with van der Waals surface area (Å²) in [5.74, 6) is 1.05. The molecule has 4 nitrogen and oxygen atoms in total. The van der Waals surface area contributed by atoms with Gasteiger partial charge in [-0.05, 0) is 36.9 Å². The molecule has 3 rings (SSSR count). The minimum absolute atomic E-state index is 0. The van der Waals surface area contributed by atoms with Crippen molar-refractivity contribution < 1.29 is 0 Å². The molecule has 19 heavy (non-hydrogen) atoms. The Morgan fingerprint density at radius 3 is 2.68 bits per heavy atom. The van der Waals surface area contributed by atoms with E-state index in [1.54, 1.807) is 0 Å². The zero-order valence-corrected chi connectivity index (χ0v) is 11.9. The van der Waals surface area contributed by atoms with Crippen LogP contribution in [0.25, 0.3) is 5.65 Å². The summed E-state index contributed by atoms with van der Waals surface area (Å²) in [6.07, 6.45) is 9.40. The number of nitrogens with two attached hydrogens (primary N) is 1. The third-order valence-electron chi connectivity index (χ3n) is 4.26. The molecule has 0 saturated heterocycles. The second-order valence-electron chi connectivity index (χ2n) is 5.49. The van der Waals surface area contributed by atoms with Crippen LogP contribution in [0.5, 0.6) is 0 Å². The van der Waals surface area contributed by atoms with E-state index in [0.29, 0.717) is 0 Å². The smallest absolute Gasteiger partial charge is 0.160 e. The van der Waals surface area contributed by atoms with E-state index in [1.807, 2.05) is 24.4 Å². The van der Waals surface area contributed by atoms with Crippen LogP contribution < -0.4 is 5.73 Å². The quantitative estimate of drug-likeness (QED) is 0.940. The average molecular weight is 281 g/mol. The van der Waals surface area contributed by atoms with Crippen LogP contribution >= 0.6 is 12.4 Å². The van der Waals surface area contributed by atoms with Crippen molar-refractivity contribution in [2.45, 2.75) is 38.5 Å². The molecular weight excluding hydrogens is 260 g/mol. The monoisotopic (exact) mass is 280 g/mol. The Hall–Kier alpha value is -1.13. The highest BCUT2D eigenvalue weighted by atomic mass is 35.5. The maximum Gasteiger partial charge on any atom is 0.160 e. The SMILES string of the molecule is Cl.NCC1(Cc2nnc3ccccn23)CCCCC1. The molecule has 0 bridgehead atoms. The fourth-order valence-corrected chi connectivity index (χ4v) is 3.10. The zero-order valence-electron chi connectivity index (χ0n) is 11.1. The lowest BCUT2D eigenvalue weighted by atomic mass is 9.72. The highest BCUT2D eigenvalue weighted by Crippen LogP contribution is 2.37. The standard InChI is InChI=1S/C14H20N4.ClH/c15-11-14(7-3-1-4-8-14)10-13-17-16-12-6-2-5-9-18(12)13;/h2,5-6,9H,1,3-4,7-8,10-11,15H2;1H. The summed E-state index contributed by atoms with van der Waals surface area (Å²) in [6, 6.07) is 6.01. The number of fused-ring (bicyclic) bond motifs is 1. The van der Waals surface area contributed by atoms with Crippen LogP contribution in [0.4, 0.5) is 0 Å². The van der Waals surface area contributed by atoms with Gasteiger partial charge in [0.1, 0.15) is 5.82 Å². The largest absolute Gasteiger partial charge is 0.330 e. The first-order chi connectivity index (χ1) is 8.83. The molecule has 2 N–H and O–H groups in total. The summed E-state index contributed by atoms with van der Waals surface area (Å²) < 4.78 is 2.09. The van der Waals surface area contributed by atoms with Gasteiger partial charge in [0.2, 0.25) is 0 Å². The zero-order chi connectivity index (χ0) is 12.4. The van der Waals surface area contributed by atoms with Gasteiger partial charge >= 0.3 is 0 Å². The van der Waals surface area contributed by atoms with Crippen molar-refractivity contribution in [1.29, 1.82) is 0 Å². The molecule has 2 aromatic rings. The van der Waals surface area contributed by atoms with Crippen molar-refractivity contribution in [3.05, 3.63) is 30.2 Å². The summed E-state index contributed by atoms with van der Waals surface area (Å²) >= 11 is 0. The van der Waals surface area contributed by atoms with Crippen molar-refractivity contribution >= 4 is 18.1 Å². The Labute approximate surface area is 119 Å². The lowest BCUT2D eigenvalue weighted by Gasteiger charge is -2.35. The molecule has 0 radical (unpaired) electrons. The Kier molecular flexibility index (Phi) is 4.42. The van der Waals surface area contributed by atoms with E-state index in [1.165, 1.54) is 32.1 Å². The lowest BCUT2D eigenvalue weighted by Crippen LogP contribution is -2.35. The molecule has 104 valence electrons. The van der Waals surface area contributed by atoms with Crippen molar-refractivity contribution in [1.82, 2.24) is 14.6 Å². The Balaban J connectivity index is 0.00000133. The normalized spacial score (nSPS) is 18.2. The number of hydrogen-bond donors (Lipinski definition) is 1. The number of nitrogens with zero attached hydrogens (tertiary/aromatic N) is 3. The van der Waals surface area contributed by atoms with Gasteiger partial charge in [0.15, 0.2) is 5.65 Å². The predicted octanol–water partition coefficient (Wildman–Crippen LogP) is 2.60. The van der Waals surface area contributed by atoms with Crippen LogP contribution in [0, 0.1) is 5.41 Å². The van der Waals surface area contributed by atoms with E-state index in [0.717, 1.165) is 24.4 Å². The highest BCUT2D eigenvalue weighted by Gasteiger charge is 2.32. The molecule has 1 fully saturated rings. The summed E-state index contributed by atoms with van der Waals surface area (Å²) in [6.45, 7) is 0.759. The topological polar surface area (TPSA) is 56.2 Å². The summed E-state index contributed by atoms with van der Waals surface area (Å²) in [7, 11) is 0. The second kappa shape index (κ2) is 5.88. The molecule has 1 saturated carbocycles. The molecule has 0 atom stereocenters. The van der Waals surface area contributed by atoms with Crippen LogP contribution in [0.3, 0.4) is 0 Å². The third-order valence-corrected chi connectivity index (χ3v) is 4.26. The van der Waals surface area contributed by atoms with Gasteiger partial charge in [-0.3, -0.25) is 4.40 Å². The molecule has 0 amide bonds. The van der Waals surface area contributed by atoms with Crippen LogP contribution in [-0.2, 0) is 6.42 Å². The second-order valence-corrected chi connectivity index (χ2v) is 5.49. The number of pyridine rings is 1. The van der Waals surface area contributed by atoms with Crippen molar-refractivity contribution in [2.75, 3.05) is 6.54 Å². The maximum atomic E-state index is 6.04. The predicted molar refractivity (Wildman–Crippen MR) is 78.5 cm³/mol. The van der Waals surface area contributed by atoms with Gasteiger partial charge in [-0.1, -0.05) is 25.3 Å². The van der Waals surface area contributed by atoms with Gasteiger partial charge in [0.25, 0.3) is 0 Å². The molecular formula is C14H21ClN4. The molecule has 0 aliphatic heterocycles. The van der Waals surface area contributed by atoms with E-state index in [4.69, 9.17) is 5.73 Å². The van der Waals surface area contributed by atoms with E-state index < -0.39 is 0 Å². The van der Waals surface area contributed by atoms with E-state index in [9.17, 15) is 0 Å². The Morgan fingerprint density at radius 1 is 1.16 bits per heavy atom. The molecule has 1 aliphatic rings. The fourth-order valence-electron chi connectivity index (χ4n) is 3.10. The van der Waals surface area contributed by atoms with Crippen molar-refractivity contribution in [3.8, 4) is 0 Å². The first-order valence-corrected chi connectivity index (χ1v) is 6.82. The molecule has 0 unspecified atom stereocenters. The summed E-state index contributed by atoms with van der Waals surface area (Å²) in [5, 5.41) is 8.56. The molecule has 0 aromatic carbocycles. The van der Waals surface area contributed by atoms with E-state index >= 15 is 0 Å². The first kappa shape index (κ1) is 14.3. The Morgan fingerprint density at radius 2 is 1.95 bits per heavy atom. The minimum Gasteiger partial charge on any atom is -0.330 e. The number of hydrogen-bond acceptors (Lipinski definition) is 3. The minimum atomic E-state index is 0. The van der Waals surface area contributed by atoms with Gasteiger partial charge in [-0.15, -0.1) is 22.6 Å². The lowest BCUT2D eigenvalue weighted by molar-refractivity contribution is 0.193. The van der Waals surface area contributed by atoms with Crippen LogP contribution in [-0.4, -0.2) is 21.1 Å². The highest BCUT2D eigenvalue weighted by molar-refractivity contribution is 5.85. The number of aromatic nitrogens is 3. The van der Waals surface area contributed by atoms with Crippen LogP contribution in [0.1, 0.15) is 37.9 Å². The van der Waals surface area contributed by atoms with Gasteiger partial charge in [0.05, 0.1) is 0 Å². The van der Waals surface area contributed by atoms with Crippen LogP contribution in [0.15, 0.2) is 24.4 Å². The van der Waals surface area contributed by atoms with Crippen molar-refractivity contribution in [3.63, 3.8) is 0 Å². The molecule has 1 aliphatic carbocycles. The molecule has 2 aromatic heterocycles. The molecule has 2 heterocycles. The summed E-state index contributed by atoms with van der Waals surface area (Å²) in [5.41, 5.74) is 7.21. The Bertz CT molecular complexity index is 531. The van der Waals surface area contributed by atoms with Gasteiger partial charge in [-0.25, -0.2) is 0 Å². The fraction of sp³-hybridized carbons (Fsp3) is 0.571. The van der Waals surface area contributed by atoms with Crippen LogP contribution in [0.2, 0.25) is 0 Å². The van der Waals surface area contributed by atoms with E-state index in [2.05, 4.69) is 14.6 Å². The molecule has 5 heteroatoms. The summed E-state index contributed by atoms with van der Waals surface area (Å²) in [4.78, 5) is 0. The molecule has 0 spiro atoms. The first-order valence-electron chi connectivity index (χ1n) is 6.82. The van der Waals surface area contributed by atoms with Gasteiger partial charge < -0.3 is 5.73 Å². The average Bonchev–Trinajstić information content (AvgIpc) is 2.83. The van der Waals surface area contributed by atoms with E-state index in [-0.39, 0.29) is 17.8 Å². The van der Waals surface area contributed by atoms with Crippen molar-refractivity contribution in [2.24, 2.45) is 11.1 Å².